The van der Waals surface area contributed by atoms with Crippen molar-refractivity contribution in [1.82, 2.24) is 0 Å². The fourth-order valence-corrected chi connectivity index (χ4v) is 2.66. The van der Waals surface area contributed by atoms with Crippen LogP contribution in [0.2, 0.25) is 0 Å². The summed E-state index contributed by atoms with van der Waals surface area (Å²) in [5.41, 5.74) is 0.642. The zero-order chi connectivity index (χ0) is 24.1. The van der Waals surface area contributed by atoms with Crippen molar-refractivity contribution in [1.29, 1.82) is 0 Å². The third-order valence-corrected chi connectivity index (χ3v) is 4.01. The van der Waals surface area contributed by atoms with Gasteiger partial charge in [0.05, 0.1) is 0 Å². The van der Waals surface area contributed by atoms with E-state index in [1.54, 1.807) is 0 Å². The van der Waals surface area contributed by atoms with E-state index in [1.807, 2.05) is 0 Å². The molecule has 0 saturated carbocycles. The molecule has 0 aliphatic heterocycles. The lowest BCUT2D eigenvalue weighted by Gasteiger charge is -2.17. The van der Waals surface area contributed by atoms with Crippen molar-refractivity contribution in [3.05, 3.63) is 72.8 Å². The molecule has 2 rings (SSSR count). The van der Waals surface area contributed by atoms with Gasteiger partial charge in [-0.1, -0.05) is 24.3 Å². The maximum atomic E-state index is 12.7. The van der Waals surface area contributed by atoms with Gasteiger partial charge in [-0.05, 0) is 48.2 Å². The first-order valence-corrected chi connectivity index (χ1v) is 8.92. The predicted octanol–water partition coefficient (Wildman–Crippen LogP) is 5.75. The highest BCUT2D eigenvalue weighted by atomic mass is 19.4. The van der Waals surface area contributed by atoms with E-state index in [0.717, 1.165) is 12.1 Å². The number of ether oxygens (including phenoxy) is 2. The lowest BCUT2D eigenvalue weighted by molar-refractivity contribution is -0.189. The minimum Gasteiger partial charge on any atom is -0.419 e. The van der Waals surface area contributed by atoms with E-state index in [0.29, 0.717) is 11.1 Å². The Labute approximate surface area is 178 Å². The number of carbonyl (C=O) groups excluding carboxylic acids is 2. The Morgan fingerprint density at radius 2 is 1.06 bits per heavy atom. The number of esters is 2. The molecule has 0 aromatic heterocycles. The van der Waals surface area contributed by atoms with Crippen LogP contribution in [0.1, 0.15) is 11.1 Å². The van der Waals surface area contributed by atoms with Crippen LogP contribution in [0.15, 0.2) is 61.7 Å². The number of allylic oxidation sites excluding steroid dienone is 2. The fraction of sp³-hybridized carbons (Fsp3) is 0.182. The van der Waals surface area contributed by atoms with Gasteiger partial charge in [-0.25, -0.2) is 9.59 Å². The molecule has 0 spiro atoms. The fourth-order valence-electron chi connectivity index (χ4n) is 2.66. The van der Waals surface area contributed by atoms with E-state index in [9.17, 15) is 35.9 Å². The van der Waals surface area contributed by atoms with Crippen molar-refractivity contribution in [2.24, 2.45) is 0 Å². The maximum Gasteiger partial charge on any atom is 0.491 e. The van der Waals surface area contributed by atoms with Crippen LogP contribution >= 0.6 is 0 Å². The highest BCUT2D eigenvalue weighted by molar-refractivity contribution is 5.86. The summed E-state index contributed by atoms with van der Waals surface area (Å²) in [6.07, 6.45) is -7.14. The molecule has 0 unspecified atom stereocenters. The molecule has 4 nitrogen and oxygen atoms in total. The number of benzene rings is 2. The van der Waals surface area contributed by atoms with Crippen LogP contribution in [-0.2, 0) is 22.4 Å². The van der Waals surface area contributed by atoms with Gasteiger partial charge in [0.15, 0.2) is 0 Å². The van der Waals surface area contributed by atoms with Crippen molar-refractivity contribution in [3.8, 4) is 22.6 Å². The smallest absolute Gasteiger partial charge is 0.419 e. The summed E-state index contributed by atoms with van der Waals surface area (Å²) in [6, 6.07) is 7.45. The molecule has 0 heterocycles. The van der Waals surface area contributed by atoms with E-state index in [1.165, 1.54) is 36.4 Å². The number of alkyl halides is 6. The van der Waals surface area contributed by atoms with Crippen LogP contribution in [0.3, 0.4) is 0 Å². The Balaban J connectivity index is 2.70. The van der Waals surface area contributed by atoms with Gasteiger partial charge >= 0.3 is 24.3 Å². The monoisotopic (exact) mass is 458 g/mol. The normalized spacial score (nSPS) is 11.6. The van der Waals surface area contributed by atoms with Gasteiger partial charge in [-0.3, -0.25) is 0 Å². The van der Waals surface area contributed by atoms with Gasteiger partial charge < -0.3 is 9.47 Å². The molecule has 0 amide bonds. The van der Waals surface area contributed by atoms with Gasteiger partial charge in [-0.2, -0.15) is 26.3 Å². The summed E-state index contributed by atoms with van der Waals surface area (Å²) in [4.78, 5) is 22.8. The van der Waals surface area contributed by atoms with Crippen LogP contribution in [0.25, 0.3) is 11.1 Å². The van der Waals surface area contributed by atoms with E-state index in [2.05, 4.69) is 22.6 Å². The number of halogens is 6. The average Bonchev–Trinajstić information content (AvgIpc) is 2.69. The lowest BCUT2D eigenvalue weighted by atomic mass is 9.97. The number of hydrogen-bond acceptors (Lipinski definition) is 4. The van der Waals surface area contributed by atoms with Gasteiger partial charge in [-0.15, -0.1) is 13.2 Å². The minimum absolute atomic E-state index is 0.183. The van der Waals surface area contributed by atoms with Gasteiger partial charge in [0.25, 0.3) is 0 Å². The summed E-state index contributed by atoms with van der Waals surface area (Å²) in [5.74, 6) is -6.21. The minimum atomic E-state index is -5.31. The molecule has 0 fully saturated rings. The Bertz CT molecular complexity index is 954. The molecular weight excluding hydrogens is 442 g/mol. The van der Waals surface area contributed by atoms with Crippen LogP contribution in [0, 0.1) is 0 Å². The second kappa shape index (κ2) is 9.71. The second-order valence-electron chi connectivity index (χ2n) is 6.42. The average molecular weight is 458 g/mol. The molecule has 32 heavy (non-hydrogen) atoms. The molecule has 0 aliphatic carbocycles. The third kappa shape index (κ3) is 6.22. The van der Waals surface area contributed by atoms with Gasteiger partial charge in [0.2, 0.25) is 0 Å². The third-order valence-electron chi connectivity index (χ3n) is 4.01. The largest absolute Gasteiger partial charge is 0.491 e. The standard InChI is InChI=1S/C22H16F6O4/c1-3-5-13-7-9-17(31-19(29)21(23,24)25)15(11-13)16-12-14(6-4-2)8-10-18(16)32-20(30)22(26,27)28/h3-4,7-12H,1-2,5-6H2. The molecule has 2 aromatic carbocycles. The summed E-state index contributed by atoms with van der Waals surface area (Å²) >= 11 is 0. The van der Waals surface area contributed by atoms with E-state index in [4.69, 9.17) is 0 Å². The first-order chi connectivity index (χ1) is 14.9. The first kappa shape index (κ1) is 24.7. The Morgan fingerprint density at radius 3 is 1.34 bits per heavy atom. The Hall–Kier alpha value is -3.56. The van der Waals surface area contributed by atoms with Crippen molar-refractivity contribution in [3.63, 3.8) is 0 Å². The molecule has 10 heteroatoms. The van der Waals surface area contributed by atoms with E-state index >= 15 is 0 Å². The molecule has 0 bridgehead atoms. The molecule has 0 saturated heterocycles. The zero-order valence-corrected chi connectivity index (χ0v) is 16.3. The quantitative estimate of drug-likeness (QED) is 0.230. The number of rotatable bonds is 7. The molecular formula is C22H16F6O4. The summed E-state index contributed by atoms with van der Waals surface area (Å²) in [5, 5.41) is 0. The van der Waals surface area contributed by atoms with Crippen LogP contribution < -0.4 is 9.47 Å². The lowest BCUT2D eigenvalue weighted by Crippen LogP contribution is -2.28. The van der Waals surface area contributed by atoms with E-state index in [-0.39, 0.29) is 24.0 Å². The van der Waals surface area contributed by atoms with Crippen molar-refractivity contribution in [2.45, 2.75) is 25.2 Å². The Kier molecular flexibility index (Phi) is 7.50. The van der Waals surface area contributed by atoms with Crippen molar-refractivity contribution in [2.75, 3.05) is 0 Å². The number of hydrogen-bond donors (Lipinski definition) is 0. The second-order valence-corrected chi connectivity index (χ2v) is 6.42. The van der Waals surface area contributed by atoms with Crippen LogP contribution in [-0.4, -0.2) is 24.3 Å². The molecule has 0 N–H and O–H groups in total. The molecule has 0 atom stereocenters. The highest BCUT2D eigenvalue weighted by Gasteiger charge is 2.43. The highest BCUT2D eigenvalue weighted by Crippen LogP contribution is 2.39. The molecule has 0 radical (unpaired) electrons. The molecule has 2 aromatic rings. The summed E-state index contributed by atoms with van der Waals surface area (Å²) in [7, 11) is 0. The van der Waals surface area contributed by atoms with Crippen molar-refractivity contribution < 1.29 is 45.4 Å². The first-order valence-electron chi connectivity index (χ1n) is 8.92. The molecule has 170 valence electrons. The number of carbonyl (C=O) groups is 2. The predicted molar refractivity (Wildman–Crippen MR) is 103 cm³/mol. The molecule has 0 aliphatic rings. The topological polar surface area (TPSA) is 52.6 Å². The summed E-state index contributed by atoms with van der Waals surface area (Å²) in [6.45, 7) is 7.09. The van der Waals surface area contributed by atoms with Gasteiger partial charge in [0.1, 0.15) is 11.5 Å². The maximum absolute atomic E-state index is 12.7. The van der Waals surface area contributed by atoms with Gasteiger partial charge in [0, 0.05) is 11.1 Å². The SMILES string of the molecule is C=CCc1ccc(OC(=O)C(F)(F)F)c(-c2cc(CC=C)ccc2OC(=O)C(F)(F)F)c1. The summed E-state index contributed by atoms with van der Waals surface area (Å²) < 4.78 is 85.2. The van der Waals surface area contributed by atoms with Crippen LogP contribution in [0.4, 0.5) is 26.3 Å². The van der Waals surface area contributed by atoms with Crippen LogP contribution in [0.5, 0.6) is 11.5 Å². The van der Waals surface area contributed by atoms with Crippen molar-refractivity contribution >= 4 is 11.9 Å². The Morgan fingerprint density at radius 1 is 0.719 bits per heavy atom. The van der Waals surface area contributed by atoms with E-state index < -0.39 is 35.8 Å². The zero-order valence-electron chi connectivity index (χ0n) is 16.3.